The molecule has 2 heterocycles. The van der Waals surface area contributed by atoms with Gasteiger partial charge in [0.1, 0.15) is 11.6 Å². The van der Waals surface area contributed by atoms with E-state index in [1.165, 1.54) is 12.1 Å². The Hall–Kier alpha value is -2.48. The minimum absolute atomic E-state index is 0.0352. The Kier molecular flexibility index (Phi) is 6.05. The van der Waals surface area contributed by atoms with Gasteiger partial charge in [0.05, 0.1) is 6.42 Å². The number of nitrogens with zero attached hydrogens (tertiary/aromatic N) is 3. The van der Waals surface area contributed by atoms with Gasteiger partial charge >= 0.3 is 5.69 Å². The van der Waals surface area contributed by atoms with Gasteiger partial charge in [-0.15, -0.1) is 0 Å². The third kappa shape index (κ3) is 5.03. The van der Waals surface area contributed by atoms with E-state index in [4.69, 9.17) is 0 Å². The van der Waals surface area contributed by atoms with Crippen molar-refractivity contribution in [2.24, 2.45) is 5.92 Å². The molecule has 0 aliphatic carbocycles. The zero-order valence-electron chi connectivity index (χ0n) is 15.7. The van der Waals surface area contributed by atoms with Gasteiger partial charge in [0.15, 0.2) is 0 Å². The summed E-state index contributed by atoms with van der Waals surface area (Å²) in [5.41, 5.74) is 0.662. The summed E-state index contributed by atoms with van der Waals surface area (Å²) >= 11 is 0. The number of carbonyl (C=O) groups excluding carboxylic acids is 1. The molecule has 0 unspecified atom stereocenters. The number of benzene rings is 1. The summed E-state index contributed by atoms with van der Waals surface area (Å²) in [7, 11) is 0. The number of aromatic nitrogens is 3. The lowest BCUT2D eigenvalue weighted by molar-refractivity contribution is -0.131. The van der Waals surface area contributed by atoms with E-state index in [9.17, 15) is 14.0 Å². The smallest absolute Gasteiger partial charge is 0.340 e. The van der Waals surface area contributed by atoms with Crippen LogP contribution < -0.4 is 5.69 Å². The molecule has 1 atom stereocenters. The molecule has 2 N–H and O–H groups in total. The predicted octanol–water partition coefficient (Wildman–Crippen LogP) is 1.54. The SMILES string of the molecule is CC(C)[C@@H]1CN(C(=O)Cc2n[nH]c(=O)[nH]2)CCCN1Cc1ccc(F)cc1. The third-order valence-electron chi connectivity index (χ3n) is 5.04. The van der Waals surface area contributed by atoms with Crippen LogP contribution in [0.3, 0.4) is 0 Å². The number of H-pyrrole nitrogens is 2. The molecule has 1 saturated heterocycles. The topological polar surface area (TPSA) is 85.1 Å². The Bertz CT molecular complexity index is 814. The van der Waals surface area contributed by atoms with E-state index in [1.807, 2.05) is 17.0 Å². The van der Waals surface area contributed by atoms with E-state index >= 15 is 0 Å². The molecule has 0 bridgehead atoms. The normalized spacial score (nSPS) is 18.7. The number of aromatic amines is 2. The van der Waals surface area contributed by atoms with Crippen molar-refractivity contribution in [3.63, 3.8) is 0 Å². The molecule has 0 saturated carbocycles. The Balaban J connectivity index is 1.69. The number of halogens is 1. The standard InChI is InChI=1S/C19H26FN5O2/c1-13(2)16-12-25(18(26)10-17-21-19(27)23-22-17)9-3-8-24(16)11-14-4-6-15(20)7-5-14/h4-7,13,16H,3,8-12H2,1-2H3,(H2,21,22,23,27)/t16-/m0/s1. The Labute approximate surface area is 157 Å². The Morgan fingerprint density at radius 2 is 2.04 bits per heavy atom. The highest BCUT2D eigenvalue weighted by atomic mass is 19.1. The number of hydrogen-bond acceptors (Lipinski definition) is 4. The van der Waals surface area contributed by atoms with E-state index in [0.29, 0.717) is 24.8 Å². The molecule has 0 spiro atoms. The van der Waals surface area contributed by atoms with Crippen molar-refractivity contribution in [1.29, 1.82) is 0 Å². The molecule has 1 aliphatic heterocycles. The van der Waals surface area contributed by atoms with Gasteiger partial charge in [0.2, 0.25) is 5.91 Å². The van der Waals surface area contributed by atoms with Gasteiger partial charge in [-0.25, -0.2) is 14.3 Å². The fourth-order valence-electron chi connectivity index (χ4n) is 3.59. The number of rotatable bonds is 5. The first kappa shape index (κ1) is 19.3. The highest BCUT2D eigenvalue weighted by molar-refractivity contribution is 5.78. The van der Waals surface area contributed by atoms with Crippen molar-refractivity contribution < 1.29 is 9.18 Å². The zero-order valence-corrected chi connectivity index (χ0v) is 15.7. The first-order chi connectivity index (χ1) is 12.9. The van der Waals surface area contributed by atoms with Gasteiger partial charge in [-0.1, -0.05) is 26.0 Å². The number of carbonyl (C=O) groups is 1. The van der Waals surface area contributed by atoms with Crippen LogP contribution in [0.5, 0.6) is 0 Å². The number of amides is 1. The number of nitrogens with one attached hydrogen (secondary N) is 2. The van der Waals surface area contributed by atoms with Crippen LogP contribution in [-0.4, -0.2) is 56.6 Å². The molecular formula is C19H26FN5O2. The van der Waals surface area contributed by atoms with Gasteiger partial charge in [-0.05, 0) is 30.0 Å². The summed E-state index contributed by atoms with van der Waals surface area (Å²) in [6, 6.07) is 6.80. The molecule has 146 valence electrons. The quantitative estimate of drug-likeness (QED) is 0.830. The second-order valence-electron chi connectivity index (χ2n) is 7.40. The van der Waals surface area contributed by atoms with E-state index in [0.717, 1.165) is 25.1 Å². The van der Waals surface area contributed by atoms with Crippen molar-refractivity contribution in [2.45, 2.75) is 39.3 Å². The molecule has 2 aromatic rings. The highest BCUT2D eigenvalue weighted by Gasteiger charge is 2.29. The molecule has 1 amide bonds. The monoisotopic (exact) mass is 375 g/mol. The Morgan fingerprint density at radius 1 is 1.30 bits per heavy atom. The van der Waals surface area contributed by atoms with E-state index in [-0.39, 0.29) is 24.2 Å². The van der Waals surface area contributed by atoms with E-state index in [2.05, 4.69) is 33.9 Å². The van der Waals surface area contributed by atoms with Crippen molar-refractivity contribution in [1.82, 2.24) is 25.0 Å². The van der Waals surface area contributed by atoms with Crippen molar-refractivity contribution in [3.05, 3.63) is 52.0 Å². The lowest BCUT2D eigenvalue weighted by Gasteiger charge is -2.34. The van der Waals surface area contributed by atoms with Crippen LogP contribution >= 0.6 is 0 Å². The molecule has 1 aromatic heterocycles. The molecule has 0 radical (unpaired) electrons. The first-order valence-electron chi connectivity index (χ1n) is 9.32. The van der Waals surface area contributed by atoms with Gasteiger partial charge in [-0.2, -0.15) is 5.10 Å². The van der Waals surface area contributed by atoms with E-state index < -0.39 is 5.69 Å². The van der Waals surface area contributed by atoms with Crippen LogP contribution in [0.2, 0.25) is 0 Å². The van der Waals surface area contributed by atoms with Crippen LogP contribution in [0.4, 0.5) is 4.39 Å². The summed E-state index contributed by atoms with van der Waals surface area (Å²) in [6.07, 6.45) is 0.953. The predicted molar refractivity (Wildman–Crippen MR) is 99.5 cm³/mol. The summed E-state index contributed by atoms with van der Waals surface area (Å²) in [6.45, 7) is 7.23. The number of hydrogen-bond donors (Lipinski definition) is 2. The van der Waals surface area contributed by atoms with Crippen LogP contribution in [-0.2, 0) is 17.8 Å². The van der Waals surface area contributed by atoms with Crippen molar-refractivity contribution >= 4 is 5.91 Å². The average Bonchev–Trinajstić information content (AvgIpc) is 2.90. The molecule has 1 fully saturated rings. The summed E-state index contributed by atoms with van der Waals surface area (Å²) in [4.78, 5) is 30.6. The van der Waals surface area contributed by atoms with Crippen LogP contribution in [0.15, 0.2) is 29.1 Å². The molecular weight excluding hydrogens is 349 g/mol. The molecule has 1 aliphatic rings. The fourth-order valence-corrected chi connectivity index (χ4v) is 3.59. The van der Waals surface area contributed by atoms with Gasteiger partial charge in [0, 0.05) is 32.2 Å². The molecule has 8 heteroatoms. The lowest BCUT2D eigenvalue weighted by atomic mass is 10.0. The zero-order chi connectivity index (χ0) is 19.4. The van der Waals surface area contributed by atoms with Gasteiger partial charge < -0.3 is 4.90 Å². The van der Waals surface area contributed by atoms with Gasteiger partial charge in [0.25, 0.3) is 0 Å². The van der Waals surface area contributed by atoms with Crippen LogP contribution in [0.1, 0.15) is 31.7 Å². The maximum absolute atomic E-state index is 13.2. The van der Waals surface area contributed by atoms with Crippen molar-refractivity contribution in [3.8, 4) is 0 Å². The first-order valence-corrected chi connectivity index (χ1v) is 9.32. The third-order valence-corrected chi connectivity index (χ3v) is 5.04. The molecule has 27 heavy (non-hydrogen) atoms. The largest absolute Gasteiger partial charge is 0.341 e. The maximum atomic E-state index is 13.2. The van der Waals surface area contributed by atoms with Crippen molar-refractivity contribution in [2.75, 3.05) is 19.6 Å². The average molecular weight is 375 g/mol. The maximum Gasteiger partial charge on any atom is 0.340 e. The molecule has 3 rings (SSSR count). The molecule has 7 nitrogen and oxygen atoms in total. The Morgan fingerprint density at radius 3 is 2.67 bits per heavy atom. The second-order valence-corrected chi connectivity index (χ2v) is 7.40. The lowest BCUT2D eigenvalue weighted by Crippen LogP contribution is -2.46. The second kappa shape index (κ2) is 8.47. The summed E-state index contributed by atoms with van der Waals surface area (Å²) in [5.74, 6) is 0.456. The fraction of sp³-hybridized carbons (Fsp3) is 0.526. The minimum Gasteiger partial charge on any atom is -0.341 e. The van der Waals surface area contributed by atoms with Crippen LogP contribution in [0.25, 0.3) is 0 Å². The van der Waals surface area contributed by atoms with E-state index in [1.54, 1.807) is 0 Å². The summed E-state index contributed by atoms with van der Waals surface area (Å²) in [5, 5.41) is 6.11. The molecule has 1 aromatic carbocycles. The van der Waals surface area contributed by atoms with Gasteiger partial charge in [-0.3, -0.25) is 14.7 Å². The highest BCUT2D eigenvalue weighted by Crippen LogP contribution is 2.20. The summed E-state index contributed by atoms with van der Waals surface area (Å²) < 4.78 is 13.2. The van der Waals surface area contributed by atoms with Crippen LogP contribution in [0, 0.1) is 11.7 Å². The minimum atomic E-state index is -0.404.